The van der Waals surface area contributed by atoms with Crippen LogP contribution in [0.4, 0.5) is 29.3 Å². The van der Waals surface area contributed by atoms with Crippen LogP contribution < -0.4 is 10.6 Å². The Kier molecular flexibility index (Phi) is 6.06. The Bertz CT molecular complexity index is 1080. The van der Waals surface area contributed by atoms with Crippen molar-refractivity contribution in [3.63, 3.8) is 0 Å². The molecule has 2 aromatic heterocycles. The Labute approximate surface area is 181 Å². The number of urea groups is 1. The number of anilines is 2. The van der Waals surface area contributed by atoms with E-state index >= 15 is 0 Å². The summed E-state index contributed by atoms with van der Waals surface area (Å²) in [6.45, 7) is -0.209. The van der Waals surface area contributed by atoms with Gasteiger partial charge in [0, 0.05) is 23.0 Å². The molecule has 3 N–H and O–H groups in total. The van der Waals surface area contributed by atoms with Gasteiger partial charge in [0.1, 0.15) is 0 Å². The molecule has 0 aliphatic carbocycles. The number of piperidine rings is 1. The van der Waals surface area contributed by atoms with E-state index in [1.807, 2.05) is 24.3 Å². The van der Waals surface area contributed by atoms with Crippen molar-refractivity contribution in [1.29, 1.82) is 0 Å². The average molecular weight is 452 g/mol. The van der Waals surface area contributed by atoms with Crippen LogP contribution in [0, 0.1) is 0 Å². The van der Waals surface area contributed by atoms with Crippen LogP contribution in [0.2, 0.25) is 5.02 Å². The van der Waals surface area contributed by atoms with Gasteiger partial charge in [-0.2, -0.15) is 13.2 Å². The van der Waals surface area contributed by atoms with Gasteiger partial charge in [-0.1, -0.05) is 29.8 Å². The first-order chi connectivity index (χ1) is 14.8. The molecule has 4 rings (SSSR count). The molecule has 3 heterocycles. The maximum Gasteiger partial charge on any atom is 0.401 e. The number of aromatic nitrogens is 2. The molecule has 6 nitrogen and oxygen atoms in total. The lowest BCUT2D eigenvalue weighted by atomic mass is 9.93. The van der Waals surface area contributed by atoms with E-state index in [1.54, 1.807) is 12.3 Å². The zero-order valence-corrected chi connectivity index (χ0v) is 17.2. The smallest absolute Gasteiger partial charge is 0.359 e. The third-order valence-corrected chi connectivity index (χ3v) is 5.64. The highest BCUT2D eigenvalue weighted by molar-refractivity contribution is 6.31. The number of hydrogen-bond acceptors (Lipinski definition) is 3. The van der Waals surface area contributed by atoms with E-state index in [-0.39, 0.29) is 5.92 Å². The highest BCUT2D eigenvalue weighted by atomic mass is 35.5. The third-order valence-electron chi connectivity index (χ3n) is 5.34. The van der Waals surface area contributed by atoms with Gasteiger partial charge in [0.2, 0.25) is 0 Å². The summed E-state index contributed by atoms with van der Waals surface area (Å²) in [6, 6.07) is 8.77. The highest BCUT2D eigenvalue weighted by Crippen LogP contribution is 2.33. The third kappa shape index (κ3) is 5.29. The molecule has 1 fully saturated rings. The number of likely N-dealkylation sites (tertiary alicyclic amines) is 1. The second-order valence-corrected chi connectivity index (χ2v) is 7.99. The number of nitrogens with one attached hydrogen (secondary N) is 3. The average Bonchev–Trinajstić information content (AvgIpc) is 3.11. The van der Waals surface area contributed by atoms with E-state index in [1.165, 1.54) is 11.1 Å². The number of amides is 2. The van der Waals surface area contributed by atoms with Crippen molar-refractivity contribution < 1.29 is 18.0 Å². The maximum atomic E-state index is 12.6. The molecule has 1 aliphatic rings. The number of nitrogens with zero attached hydrogens (tertiary/aromatic N) is 2. The number of rotatable bonds is 4. The number of alkyl halides is 3. The van der Waals surface area contributed by atoms with Crippen molar-refractivity contribution in [2.45, 2.75) is 24.9 Å². The number of hydrogen-bond donors (Lipinski definition) is 3. The number of benzene rings is 1. The van der Waals surface area contributed by atoms with Gasteiger partial charge in [-0.3, -0.25) is 9.88 Å². The second kappa shape index (κ2) is 8.76. The molecule has 10 heteroatoms. The Morgan fingerprint density at radius 2 is 1.97 bits per heavy atom. The minimum atomic E-state index is -4.19. The molecule has 1 aliphatic heterocycles. The van der Waals surface area contributed by atoms with E-state index in [9.17, 15) is 18.0 Å². The summed E-state index contributed by atoms with van der Waals surface area (Å²) < 4.78 is 37.7. The number of para-hydroxylation sites is 1. The van der Waals surface area contributed by atoms with Gasteiger partial charge in [0.25, 0.3) is 0 Å². The van der Waals surface area contributed by atoms with Gasteiger partial charge >= 0.3 is 12.2 Å². The number of halogens is 4. The van der Waals surface area contributed by atoms with Crippen LogP contribution in [0.25, 0.3) is 10.9 Å². The lowest BCUT2D eigenvalue weighted by Gasteiger charge is -2.32. The van der Waals surface area contributed by atoms with Gasteiger partial charge < -0.3 is 15.6 Å². The van der Waals surface area contributed by atoms with Crippen molar-refractivity contribution in [2.75, 3.05) is 30.3 Å². The fourth-order valence-corrected chi connectivity index (χ4v) is 4.22. The number of fused-ring (bicyclic) bond motifs is 1. The molecular weight excluding hydrogens is 431 g/mol. The molecule has 0 atom stereocenters. The van der Waals surface area contributed by atoms with Crippen molar-refractivity contribution in [2.24, 2.45) is 0 Å². The number of carbonyl (C=O) groups is 1. The largest absolute Gasteiger partial charge is 0.401 e. The fourth-order valence-electron chi connectivity index (χ4n) is 3.89. The number of pyridine rings is 1. The van der Waals surface area contributed by atoms with E-state index in [4.69, 9.17) is 11.6 Å². The van der Waals surface area contributed by atoms with Crippen LogP contribution in [-0.2, 0) is 0 Å². The Morgan fingerprint density at radius 1 is 1.23 bits per heavy atom. The van der Waals surface area contributed by atoms with Crippen LogP contribution >= 0.6 is 11.6 Å². The van der Waals surface area contributed by atoms with Crippen LogP contribution in [0.3, 0.4) is 0 Å². The predicted molar refractivity (Wildman–Crippen MR) is 115 cm³/mol. The van der Waals surface area contributed by atoms with E-state index < -0.39 is 18.8 Å². The first-order valence-electron chi connectivity index (χ1n) is 9.87. The van der Waals surface area contributed by atoms with Gasteiger partial charge in [-0.05, 0) is 38.1 Å². The SMILES string of the molecule is O=C(Nc1cnc(C2CCN(CC(F)(F)F)CC2)c(Cl)c1)Nc1c[nH]c2ccccc12. The molecule has 1 saturated heterocycles. The van der Waals surface area contributed by atoms with Gasteiger partial charge in [-0.25, -0.2) is 4.79 Å². The molecule has 2 amide bonds. The Morgan fingerprint density at radius 3 is 2.68 bits per heavy atom. The summed E-state index contributed by atoms with van der Waals surface area (Å²) in [4.78, 5) is 21.2. The van der Waals surface area contributed by atoms with Crippen LogP contribution in [0.15, 0.2) is 42.7 Å². The van der Waals surface area contributed by atoms with Gasteiger partial charge in [0.15, 0.2) is 0 Å². The van der Waals surface area contributed by atoms with Crippen LogP contribution in [0.1, 0.15) is 24.5 Å². The minimum absolute atomic E-state index is 0.00826. The normalized spacial score (nSPS) is 15.9. The quantitative estimate of drug-likeness (QED) is 0.483. The lowest BCUT2D eigenvalue weighted by Crippen LogP contribution is -2.39. The van der Waals surface area contributed by atoms with Gasteiger partial charge in [0.05, 0.1) is 34.8 Å². The number of aromatic amines is 1. The molecular formula is C21H21ClF3N5O. The van der Waals surface area contributed by atoms with Crippen molar-refractivity contribution in [1.82, 2.24) is 14.9 Å². The monoisotopic (exact) mass is 451 g/mol. The van der Waals surface area contributed by atoms with Crippen molar-refractivity contribution in [3.05, 3.63) is 53.4 Å². The molecule has 1 aromatic carbocycles. The molecule has 31 heavy (non-hydrogen) atoms. The first-order valence-corrected chi connectivity index (χ1v) is 10.2. The van der Waals surface area contributed by atoms with E-state index in [2.05, 4.69) is 20.6 Å². The molecule has 0 bridgehead atoms. The Hall–Kier alpha value is -2.78. The fraction of sp³-hybridized carbons (Fsp3) is 0.333. The molecule has 0 spiro atoms. The van der Waals surface area contributed by atoms with E-state index in [0.29, 0.717) is 48.0 Å². The topological polar surface area (TPSA) is 73.1 Å². The summed E-state index contributed by atoms with van der Waals surface area (Å²) in [6.07, 6.45) is 0.137. The Balaban J connectivity index is 1.36. The van der Waals surface area contributed by atoms with Gasteiger partial charge in [-0.15, -0.1) is 0 Å². The van der Waals surface area contributed by atoms with Crippen LogP contribution in [-0.4, -0.2) is 46.7 Å². The molecule has 0 radical (unpaired) electrons. The predicted octanol–water partition coefficient (Wildman–Crippen LogP) is 5.60. The van der Waals surface area contributed by atoms with Crippen LogP contribution in [0.5, 0.6) is 0 Å². The zero-order chi connectivity index (χ0) is 22.0. The highest BCUT2D eigenvalue weighted by Gasteiger charge is 2.33. The molecule has 0 unspecified atom stereocenters. The second-order valence-electron chi connectivity index (χ2n) is 7.58. The molecule has 164 valence electrons. The first kappa shape index (κ1) is 21.5. The molecule has 0 saturated carbocycles. The summed E-state index contributed by atoms with van der Waals surface area (Å²) in [5.74, 6) is -0.00826. The van der Waals surface area contributed by atoms with Crippen molar-refractivity contribution in [3.8, 4) is 0 Å². The zero-order valence-electron chi connectivity index (χ0n) is 16.5. The number of H-pyrrole nitrogens is 1. The summed E-state index contributed by atoms with van der Waals surface area (Å²) >= 11 is 6.38. The summed E-state index contributed by atoms with van der Waals surface area (Å²) in [5.41, 5.74) is 2.64. The maximum absolute atomic E-state index is 12.6. The molecule has 3 aromatic rings. The van der Waals surface area contributed by atoms with E-state index in [0.717, 1.165) is 10.9 Å². The standard InChI is InChI=1S/C21H21ClF3N5O/c22-16-9-14(28-20(31)29-18-11-26-17-4-2-1-3-15(17)18)10-27-19(16)13-5-7-30(8-6-13)12-21(23,24)25/h1-4,9-11,13,26H,5-8,12H2,(H2,28,29,31). The van der Waals surface area contributed by atoms with Crippen molar-refractivity contribution >= 4 is 39.9 Å². The number of carbonyl (C=O) groups excluding carboxylic acids is 1. The summed E-state index contributed by atoms with van der Waals surface area (Å²) in [5, 5.41) is 6.77. The summed E-state index contributed by atoms with van der Waals surface area (Å²) in [7, 11) is 0. The minimum Gasteiger partial charge on any atom is -0.359 e. The lowest BCUT2D eigenvalue weighted by molar-refractivity contribution is -0.147.